The predicted octanol–water partition coefficient (Wildman–Crippen LogP) is 1.52. The Hall–Kier alpha value is -4.65. The van der Waals surface area contributed by atoms with Gasteiger partial charge >= 0.3 is 12.1 Å². The van der Waals surface area contributed by atoms with E-state index in [1.54, 1.807) is 0 Å². The molecule has 0 fully saturated rings. The average Bonchev–Trinajstić information content (AvgIpc) is 3.41. The maximum Gasteiger partial charge on any atom is 0.407 e. The van der Waals surface area contributed by atoms with Crippen molar-refractivity contribution in [1.82, 2.24) is 25.6 Å². The number of aliphatic carboxylic acids is 1. The van der Waals surface area contributed by atoms with Gasteiger partial charge in [-0.25, -0.2) is 9.48 Å². The fourth-order valence-corrected chi connectivity index (χ4v) is 3.74. The van der Waals surface area contributed by atoms with Crippen molar-refractivity contribution in [2.75, 3.05) is 13.2 Å². The van der Waals surface area contributed by atoms with Crippen molar-refractivity contribution >= 4 is 18.0 Å². The molecule has 0 bridgehead atoms. The fraction of sp³-hybridized carbons (Fsp3) is 0.208. The number of benzene rings is 2. The smallest absolute Gasteiger partial charge is 0.407 e. The molecule has 172 valence electrons. The molecule has 1 heterocycles. The molecular formula is C24H21N5O5. The molecule has 4 rings (SSSR count). The number of nitrogens with one attached hydrogen (secondary N) is 2. The van der Waals surface area contributed by atoms with Gasteiger partial charge in [-0.15, -0.1) is 5.10 Å². The third-order valence-corrected chi connectivity index (χ3v) is 5.18. The van der Waals surface area contributed by atoms with Crippen LogP contribution in [0.4, 0.5) is 4.79 Å². The van der Waals surface area contributed by atoms with Gasteiger partial charge in [0, 0.05) is 5.92 Å². The summed E-state index contributed by atoms with van der Waals surface area (Å²) in [6.45, 7) is -0.134. The highest BCUT2D eigenvalue weighted by atomic mass is 16.5. The third kappa shape index (κ3) is 5.39. The second-order valence-corrected chi connectivity index (χ2v) is 7.46. The van der Waals surface area contributed by atoms with Crippen LogP contribution in [0.25, 0.3) is 11.1 Å². The van der Waals surface area contributed by atoms with Crippen LogP contribution in [-0.2, 0) is 27.4 Å². The standard InChI is InChI=1S/C24H21N5O5/c30-22(26-12-16-13-29(28-27-16)14-23(31)32)10-5-11-25-24(33)34-15-21-19-8-3-1-6-17(19)18-7-2-4-9-20(18)21/h1-4,6-9,13,21H,11-12,14-15H2,(H,25,33)(H,26,30)(H,31,32). The van der Waals surface area contributed by atoms with Crippen LogP contribution in [0, 0.1) is 11.8 Å². The van der Waals surface area contributed by atoms with Crippen molar-refractivity contribution in [2.24, 2.45) is 0 Å². The third-order valence-electron chi connectivity index (χ3n) is 5.18. The lowest BCUT2D eigenvalue weighted by atomic mass is 9.98. The van der Waals surface area contributed by atoms with Crippen molar-refractivity contribution in [3.8, 4) is 23.0 Å². The van der Waals surface area contributed by atoms with Gasteiger partial charge in [-0.1, -0.05) is 59.7 Å². The maximum atomic E-state index is 12.1. The van der Waals surface area contributed by atoms with Crippen molar-refractivity contribution < 1.29 is 24.2 Å². The number of nitrogens with zero attached hydrogens (tertiary/aromatic N) is 3. The van der Waals surface area contributed by atoms with Gasteiger partial charge in [0.05, 0.1) is 19.3 Å². The molecule has 0 saturated heterocycles. The Labute approximate surface area is 194 Å². The van der Waals surface area contributed by atoms with E-state index >= 15 is 0 Å². The van der Waals surface area contributed by atoms with E-state index in [1.807, 2.05) is 36.4 Å². The predicted molar refractivity (Wildman–Crippen MR) is 120 cm³/mol. The summed E-state index contributed by atoms with van der Waals surface area (Å²) in [5.74, 6) is 3.25. The van der Waals surface area contributed by atoms with Crippen LogP contribution in [0.2, 0.25) is 0 Å². The van der Waals surface area contributed by atoms with Gasteiger partial charge < -0.3 is 20.5 Å². The normalized spacial score (nSPS) is 11.5. The minimum absolute atomic E-state index is 0.0384. The molecule has 1 aliphatic carbocycles. The summed E-state index contributed by atoms with van der Waals surface area (Å²) < 4.78 is 6.55. The van der Waals surface area contributed by atoms with Gasteiger partial charge in [0.1, 0.15) is 18.8 Å². The van der Waals surface area contributed by atoms with Crippen LogP contribution >= 0.6 is 0 Å². The van der Waals surface area contributed by atoms with Crippen LogP contribution in [-0.4, -0.2) is 51.2 Å². The van der Waals surface area contributed by atoms with Crippen molar-refractivity contribution in [3.05, 3.63) is 71.5 Å². The van der Waals surface area contributed by atoms with Crippen LogP contribution in [0.3, 0.4) is 0 Å². The number of fused-ring (bicyclic) bond motifs is 3. The van der Waals surface area contributed by atoms with Gasteiger partial charge in [0.25, 0.3) is 5.91 Å². The highest BCUT2D eigenvalue weighted by molar-refractivity contribution is 5.93. The van der Waals surface area contributed by atoms with Crippen LogP contribution in [0.1, 0.15) is 22.7 Å². The molecule has 3 N–H and O–H groups in total. The second-order valence-electron chi connectivity index (χ2n) is 7.46. The number of carbonyl (C=O) groups excluding carboxylic acids is 2. The molecule has 10 heteroatoms. The minimum Gasteiger partial charge on any atom is -0.480 e. The molecule has 2 aromatic carbocycles. The molecule has 10 nitrogen and oxygen atoms in total. The molecule has 0 spiro atoms. The first-order valence-electron chi connectivity index (χ1n) is 10.5. The molecular weight excluding hydrogens is 438 g/mol. The van der Waals surface area contributed by atoms with Gasteiger partial charge in [-0.05, 0) is 28.2 Å². The number of hydrogen-bond donors (Lipinski definition) is 3. The summed E-state index contributed by atoms with van der Waals surface area (Å²) in [5.41, 5.74) is 4.93. The van der Waals surface area contributed by atoms with Crippen molar-refractivity contribution in [2.45, 2.75) is 19.0 Å². The molecule has 34 heavy (non-hydrogen) atoms. The molecule has 1 aliphatic rings. The Morgan fingerprint density at radius 1 is 1.03 bits per heavy atom. The van der Waals surface area contributed by atoms with E-state index in [1.165, 1.54) is 6.20 Å². The maximum absolute atomic E-state index is 12.1. The quantitative estimate of drug-likeness (QED) is 0.456. The monoisotopic (exact) mass is 459 g/mol. The summed E-state index contributed by atoms with van der Waals surface area (Å²) in [6.07, 6.45) is 0.798. The highest BCUT2D eigenvalue weighted by Gasteiger charge is 2.28. The number of alkyl carbamates (subject to hydrolysis) is 1. The Bertz CT molecular complexity index is 1240. The molecule has 0 radical (unpaired) electrons. The largest absolute Gasteiger partial charge is 0.480 e. The number of carbonyl (C=O) groups is 3. The van der Waals surface area contributed by atoms with E-state index in [-0.39, 0.29) is 32.2 Å². The lowest BCUT2D eigenvalue weighted by molar-refractivity contribution is -0.137. The minimum atomic E-state index is -1.05. The number of aromatic nitrogens is 3. The highest BCUT2D eigenvalue weighted by Crippen LogP contribution is 2.44. The molecule has 0 saturated carbocycles. The topological polar surface area (TPSA) is 135 Å². The van der Waals surface area contributed by atoms with Gasteiger partial charge in [-0.3, -0.25) is 9.59 Å². The lowest BCUT2D eigenvalue weighted by Gasteiger charge is -2.14. The first-order chi connectivity index (χ1) is 16.5. The average molecular weight is 459 g/mol. The zero-order valence-electron chi connectivity index (χ0n) is 18.0. The summed E-state index contributed by atoms with van der Waals surface area (Å²) in [4.78, 5) is 34.5. The molecule has 0 unspecified atom stereocenters. The van der Waals surface area contributed by atoms with E-state index in [0.29, 0.717) is 5.69 Å². The Balaban J connectivity index is 1.21. The molecule has 3 aromatic rings. The number of carboxylic acid groups (broad SMARTS) is 1. The first-order valence-corrected chi connectivity index (χ1v) is 10.5. The Kier molecular flexibility index (Phi) is 6.84. The molecule has 0 atom stereocenters. The van der Waals surface area contributed by atoms with E-state index in [0.717, 1.165) is 26.9 Å². The fourth-order valence-electron chi connectivity index (χ4n) is 3.74. The van der Waals surface area contributed by atoms with Crippen LogP contribution in [0.5, 0.6) is 0 Å². The number of ether oxygens (including phenoxy) is 1. The molecule has 0 aliphatic heterocycles. The lowest BCUT2D eigenvalue weighted by Crippen LogP contribution is -2.27. The molecule has 2 amide bonds. The number of hydrogen-bond acceptors (Lipinski definition) is 6. The van der Waals surface area contributed by atoms with Crippen molar-refractivity contribution in [1.29, 1.82) is 0 Å². The van der Waals surface area contributed by atoms with E-state index < -0.39 is 18.0 Å². The number of amides is 2. The van der Waals surface area contributed by atoms with Gasteiger partial charge in [0.2, 0.25) is 0 Å². The van der Waals surface area contributed by atoms with Gasteiger partial charge in [0.15, 0.2) is 0 Å². The zero-order valence-corrected chi connectivity index (χ0v) is 18.0. The summed E-state index contributed by atoms with van der Waals surface area (Å²) in [7, 11) is 0. The Morgan fingerprint density at radius 2 is 1.71 bits per heavy atom. The SMILES string of the molecule is O=C(O)Cn1cc(CNC(=O)C#CCNC(=O)OCC2c3ccccc3-c3ccccc32)nn1. The second kappa shape index (κ2) is 10.3. The summed E-state index contributed by atoms with van der Waals surface area (Å²) in [6, 6.07) is 16.1. The van der Waals surface area contributed by atoms with E-state index in [2.05, 4.69) is 44.9 Å². The van der Waals surface area contributed by atoms with E-state index in [4.69, 9.17) is 9.84 Å². The number of carboxylic acids is 1. The summed E-state index contributed by atoms with van der Waals surface area (Å²) in [5, 5.41) is 21.1. The van der Waals surface area contributed by atoms with Gasteiger partial charge in [-0.2, -0.15) is 0 Å². The zero-order chi connectivity index (χ0) is 23.9. The molecule has 1 aromatic heterocycles. The Morgan fingerprint density at radius 3 is 2.38 bits per heavy atom. The first kappa shape index (κ1) is 22.5. The number of rotatable bonds is 7. The summed E-state index contributed by atoms with van der Waals surface area (Å²) >= 11 is 0. The van der Waals surface area contributed by atoms with Crippen LogP contribution < -0.4 is 10.6 Å². The van der Waals surface area contributed by atoms with Crippen LogP contribution in [0.15, 0.2) is 54.7 Å². The van der Waals surface area contributed by atoms with E-state index in [9.17, 15) is 14.4 Å². The van der Waals surface area contributed by atoms with Crippen molar-refractivity contribution in [3.63, 3.8) is 0 Å².